The van der Waals surface area contributed by atoms with E-state index in [0.29, 0.717) is 24.4 Å². The van der Waals surface area contributed by atoms with Crippen LogP contribution in [0.4, 0.5) is 0 Å². The first-order chi connectivity index (χ1) is 10.3. The van der Waals surface area contributed by atoms with E-state index in [2.05, 4.69) is 16.4 Å². The molecule has 110 valence electrons. The Morgan fingerprint density at radius 2 is 2.33 bits per heavy atom. The molecule has 1 aromatic heterocycles. The van der Waals surface area contributed by atoms with Crippen LogP contribution in [-0.2, 0) is 19.4 Å². The van der Waals surface area contributed by atoms with Crippen LogP contribution < -0.4 is 10.1 Å². The zero-order valence-electron chi connectivity index (χ0n) is 12.0. The number of aromatic nitrogens is 1. The normalized spacial score (nSPS) is 13.4. The van der Waals surface area contributed by atoms with E-state index in [4.69, 9.17) is 9.15 Å². The van der Waals surface area contributed by atoms with Gasteiger partial charge in [-0.1, -0.05) is 19.1 Å². The Labute approximate surface area is 123 Å². The third-order valence-corrected chi connectivity index (χ3v) is 3.60. The molecule has 0 aliphatic carbocycles. The summed E-state index contributed by atoms with van der Waals surface area (Å²) in [6.07, 6.45) is 4.03. The molecule has 0 saturated heterocycles. The number of carbonyl (C=O) groups is 1. The van der Waals surface area contributed by atoms with Gasteiger partial charge in [-0.15, -0.1) is 0 Å². The molecule has 1 aliphatic heterocycles. The van der Waals surface area contributed by atoms with Crippen molar-refractivity contribution in [2.75, 3.05) is 6.61 Å². The largest absolute Gasteiger partial charge is 0.493 e. The van der Waals surface area contributed by atoms with Crippen LogP contribution in [0.5, 0.6) is 5.75 Å². The Bertz CT molecular complexity index is 649. The zero-order valence-corrected chi connectivity index (χ0v) is 12.0. The monoisotopic (exact) mass is 286 g/mol. The summed E-state index contributed by atoms with van der Waals surface area (Å²) in [6, 6.07) is 6.05. The first kappa shape index (κ1) is 13.7. The van der Waals surface area contributed by atoms with Crippen molar-refractivity contribution in [1.82, 2.24) is 10.3 Å². The summed E-state index contributed by atoms with van der Waals surface area (Å²) in [6.45, 7) is 3.19. The molecule has 0 spiro atoms. The van der Waals surface area contributed by atoms with Gasteiger partial charge in [0.1, 0.15) is 11.5 Å². The lowest BCUT2D eigenvalue weighted by molar-refractivity contribution is 0.0944. The number of nitrogens with zero attached hydrogens (tertiary/aromatic N) is 1. The molecule has 1 amide bonds. The second-order valence-electron chi connectivity index (χ2n) is 5.05. The van der Waals surface area contributed by atoms with Crippen LogP contribution in [0.3, 0.4) is 0 Å². The molecule has 3 rings (SSSR count). The molecule has 21 heavy (non-hydrogen) atoms. The quantitative estimate of drug-likeness (QED) is 0.938. The zero-order chi connectivity index (χ0) is 14.7. The van der Waals surface area contributed by atoms with Crippen LogP contribution in [0.25, 0.3) is 0 Å². The van der Waals surface area contributed by atoms with Crippen LogP contribution in [0.2, 0.25) is 0 Å². The molecular formula is C16H18N2O3. The van der Waals surface area contributed by atoms with Gasteiger partial charge < -0.3 is 14.5 Å². The molecule has 0 saturated carbocycles. The van der Waals surface area contributed by atoms with Crippen LogP contribution in [0, 0.1) is 0 Å². The summed E-state index contributed by atoms with van der Waals surface area (Å²) < 4.78 is 10.8. The van der Waals surface area contributed by atoms with Gasteiger partial charge in [-0.25, -0.2) is 4.98 Å². The van der Waals surface area contributed by atoms with E-state index in [1.165, 1.54) is 12.0 Å². The van der Waals surface area contributed by atoms with E-state index in [-0.39, 0.29) is 5.91 Å². The molecule has 0 unspecified atom stereocenters. The molecule has 0 bridgehead atoms. The van der Waals surface area contributed by atoms with Gasteiger partial charge in [0.2, 0.25) is 0 Å². The van der Waals surface area contributed by atoms with Crippen molar-refractivity contribution < 1.29 is 13.9 Å². The standard InChI is InChI=1S/C16H18N2O3/c1-2-13-15(18-10-21-13)16(19)17-9-11-5-6-14-12(8-11)4-3-7-20-14/h5-6,8,10H,2-4,7,9H2,1H3,(H,17,19). The lowest BCUT2D eigenvalue weighted by Gasteiger charge is -2.18. The SMILES string of the molecule is CCc1ocnc1C(=O)NCc1ccc2c(c1)CCCO2. The fourth-order valence-electron chi connectivity index (χ4n) is 2.50. The van der Waals surface area contributed by atoms with Gasteiger partial charge in [-0.2, -0.15) is 0 Å². The summed E-state index contributed by atoms with van der Waals surface area (Å²) in [5, 5.41) is 2.88. The summed E-state index contributed by atoms with van der Waals surface area (Å²) in [4.78, 5) is 16.1. The van der Waals surface area contributed by atoms with E-state index in [1.54, 1.807) is 0 Å². The van der Waals surface area contributed by atoms with Gasteiger partial charge in [0, 0.05) is 13.0 Å². The lowest BCUT2D eigenvalue weighted by Crippen LogP contribution is -2.24. The smallest absolute Gasteiger partial charge is 0.273 e. The van der Waals surface area contributed by atoms with Gasteiger partial charge in [-0.05, 0) is 30.0 Å². The van der Waals surface area contributed by atoms with Gasteiger partial charge in [-0.3, -0.25) is 4.79 Å². The molecule has 5 nitrogen and oxygen atoms in total. The average molecular weight is 286 g/mol. The van der Waals surface area contributed by atoms with E-state index in [1.807, 2.05) is 19.1 Å². The van der Waals surface area contributed by atoms with Crippen molar-refractivity contribution in [2.45, 2.75) is 32.7 Å². The van der Waals surface area contributed by atoms with Crippen molar-refractivity contribution in [1.29, 1.82) is 0 Å². The predicted molar refractivity (Wildman–Crippen MR) is 77.3 cm³/mol. The first-order valence-corrected chi connectivity index (χ1v) is 7.23. The third kappa shape index (κ3) is 2.91. The minimum atomic E-state index is -0.199. The fourth-order valence-corrected chi connectivity index (χ4v) is 2.50. The number of aryl methyl sites for hydroxylation is 2. The lowest BCUT2D eigenvalue weighted by atomic mass is 10.0. The van der Waals surface area contributed by atoms with Crippen molar-refractivity contribution in [2.24, 2.45) is 0 Å². The van der Waals surface area contributed by atoms with E-state index >= 15 is 0 Å². The van der Waals surface area contributed by atoms with Crippen LogP contribution >= 0.6 is 0 Å². The van der Waals surface area contributed by atoms with Crippen molar-refractivity contribution in [3.05, 3.63) is 47.2 Å². The third-order valence-electron chi connectivity index (χ3n) is 3.60. The summed E-state index contributed by atoms with van der Waals surface area (Å²) >= 11 is 0. The Morgan fingerprint density at radius 3 is 3.19 bits per heavy atom. The average Bonchev–Trinajstić information content (AvgIpc) is 3.01. The number of oxazole rings is 1. The molecule has 1 aromatic carbocycles. The summed E-state index contributed by atoms with van der Waals surface area (Å²) in [7, 11) is 0. The van der Waals surface area contributed by atoms with E-state index < -0.39 is 0 Å². The highest BCUT2D eigenvalue weighted by Gasteiger charge is 2.15. The minimum Gasteiger partial charge on any atom is -0.493 e. The number of ether oxygens (including phenoxy) is 1. The molecule has 5 heteroatoms. The molecule has 0 radical (unpaired) electrons. The Morgan fingerprint density at radius 1 is 1.43 bits per heavy atom. The number of amides is 1. The fraction of sp³-hybridized carbons (Fsp3) is 0.375. The van der Waals surface area contributed by atoms with Gasteiger partial charge in [0.05, 0.1) is 6.61 Å². The molecule has 2 heterocycles. The molecule has 0 fully saturated rings. The highest BCUT2D eigenvalue weighted by molar-refractivity contribution is 5.93. The molecular weight excluding hydrogens is 268 g/mol. The summed E-state index contributed by atoms with van der Waals surface area (Å²) in [5.74, 6) is 1.38. The first-order valence-electron chi connectivity index (χ1n) is 7.23. The second kappa shape index (κ2) is 5.99. The molecule has 1 aliphatic rings. The maximum absolute atomic E-state index is 12.1. The van der Waals surface area contributed by atoms with Crippen LogP contribution in [0.15, 0.2) is 29.0 Å². The van der Waals surface area contributed by atoms with Gasteiger partial charge in [0.25, 0.3) is 5.91 Å². The maximum Gasteiger partial charge on any atom is 0.273 e. The number of benzene rings is 1. The number of fused-ring (bicyclic) bond motifs is 1. The second-order valence-corrected chi connectivity index (χ2v) is 5.05. The molecule has 0 atom stereocenters. The highest BCUT2D eigenvalue weighted by atomic mass is 16.5. The maximum atomic E-state index is 12.1. The topological polar surface area (TPSA) is 64.4 Å². The number of rotatable bonds is 4. The van der Waals surface area contributed by atoms with Gasteiger partial charge >= 0.3 is 0 Å². The number of carbonyl (C=O) groups excluding carboxylic acids is 1. The molecule has 2 aromatic rings. The molecule has 1 N–H and O–H groups in total. The van der Waals surface area contributed by atoms with E-state index in [0.717, 1.165) is 30.8 Å². The Balaban J connectivity index is 1.66. The van der Waals surface area contributed by atoms with Crippen molar-refractivity contribution >= 4 is 5.91 Å². The predicted octanol–water partition coefficient (Wildman–Crippen LogP) is 2.49. The van der Waals surface area contributed by atoms with Gasteiger partial charge in [0.15, 0.2) is 12.1 Å². The Hall–Kier alpha value is -2.30. The summed E-state index contributed by atoms with van der Waals surface area (Å²) in [5.41, 5.74) is 2.65. The van der Waals surface area contributed by atoms with Crippen molar-refractivity contribution in [3.63, 3.8) is 0 Å². The van der Waals surface area contributed by atoms with E-state index in [9.17, 15) is 4.79 Å². The Kier molecular flexibility index (Phi) is 3.90. The minimum absolute atomic E-state index is 0.199. The van der Waals surface area contributed by atoms with Crippen molar-refractivity contribution in [3.8, 4) is 5.75 Å². The van der Waals surface area contributed by atoms with Crippen LogP contribution in [-0.4, -0.2) is 17.5 Å². The number of nitrogens with one attached hydrogen (secondary N) is 1. The highest BCUT2D eigenvalue weighted by Crippen LogP contribution is 2.25. The number of hydrogen-bond acceptors (Lipinski definition) is 4. The van der Waals surface area contributed by atoms with Crippen LogP contribution in [0.1, 0.15) is 40.7 Å². The number of hydrogen-bond donors (Lipinski definition) is 1.